The summed E-state index contributed by atoms with van der Waals surface area (Å²) in [5, 5.41) is 15.6. The van der Waals surface area contributed by atoms with Gasteiger partial charge in [0.15, 0.2) is 0 Å². The molecule has 0 spiro atoms. The Hall–Kier alpha value is -1.83. The maximum atomic E-state index is 11.7. The molecule has 0 aliphatic heterocycles. The van der Waals surface area contributed by atoms with E-state index in [1.165, 1.54) is 0 Å². The molecule has 5 nitrogen and oxygen atoms in total. The number of anilines is 1. The predicted octanol–water partition coefficient (Wildman–Crippen LogP) is 1.64. The zero-order chi connectivity index (χ0) is 12.1. The molecule has 1 aromatic heterocycles. The Morgan fingerprint density at radius 3 is 2.81 bits per heavy atom. The van der Waals surface area contributed by atoms with Gasteiger partial charge in [-0.2, -0.15) is 10.4 Å². The van der Waals surface area contributed by atoms with Gasteiger partial charge in [-0.1, -0.05) is 13.8 Å². The Morgan fingerprint density at radius 1 is 1.69 bits per heavy atom. The minimum absolute atomic E-state index is 0.00576. The summed E-state index contributed by atoms with van der Waals surface area (Å²) >= 11 is 0. The molecule has 0 fully saturated rings. The molecule has 0 aliphatic carbocycles. The fourth-order valence-electron chi connectivity index (χ4n) is 1.33. The summed E-state index contributed by atoms with van der Waals surface area (Å²) in [5.74, 6) is -0.885. The van der Waals surface area contributed by atoms with Crippen molar-refractivity contribution in [3.05, 3.63) is 12.4 Å². The van der Waals surface area contributed by atoms with Crippen LogP contribution >= 0.6 is 0 Å². The molecule has 0 radical (unpaired) electrons. The number of carbonyl (C=O) groups is 1. The van der Waals surface area contributed by atoms with E-state index in [4.69, 9.17) is 5.26 Å². The van der Waals surface area contributed by atoms with Crippen LogP contribution in [0.15, 0.2) is 12.4 Å². The van der Waals surface area contributed by atoms with Gasteiger partial charge in [0.05, 0.1) is 18.0 Å². The van der Waals surface area contributed by atoms with Crippen LogP contribution in [0.1, 0.15) is 20.8 Å². The molecule has 1 rings (SSSR count). The van der Waals surface area contributed by atoms with E-state index in [9.17, 15) is 4.79 Å². The number of nitrogens with one attached hydrogen (secondary N) is 1. The zero-order valence-corrected chi connectivity index (χ0v) is 9.77. The lowest BCUT2D eigenvalue weighted by molar-refractivity contribution is -0.119. The summed E-state index contributed by atoms with van der Waals surface area (Å²) in [6.45, 7) is 6.42. The average molecular weight is 220 g/mol. The van der Waals surface area contributed by atoms with Crippen molar-refractivity contribution in [3.63, 3.8) is 0 Å². The fraction of sp³-hybridized carbons (Fsp3) is 0.545. The second kappa shape index (κ2) is 5.31. The number of carbonyl (C=O) groups excluding carboxylic acids is 1. The van der Waals surface area contributed by atoms with E-state index in [1.54, 1.807) is 17.1 Å². The van der Waals surface area contributed by atoms with Crippen LogP contribution in [0.5, 0.6) is 0 Å². The maximum Gasteiger partial charge on any atom is 0.242 e. The van der Waals surface area contributed by atoms with Gasteiger partial charge in [-0.3, -0.25) is 9.48 Å². The second-order valence-corrected chi connectivity index (χ2v) is 3.92. The Morgan fingerprint density at radius 2 is 2.38 bits per heavy atom. The number of nitriles is 1. The van der Waals surface area contributed by atoms with E-state index in [-0.39, 0.29) is 11.8 Å². The van der Waals surface area contributed by atoms with Gasteiger partial charge in [0.25, 0.3) is 0 Å². The largest absolute Gasteiger partial charge is 0.322 e. The minimum Gasteiger partial charge on any atom is -0.322 e. The fourth-order valence-corrected chi connectivity index (χ4v) is 1.33. The first-order chi connectivity index (χ1) is 7.58. The molecule has 0 saturated heterocycles. The summed E-state index contributed by atoms with van der Waals surface area (Å²) < 4.78 is 1.71. The standard InChI is InChI=1S/C11H16N4O/c1-4-15-7-9(6-13-15)14-11(16)10(5-12)8(2)3/h6-8,10H,4H2,1-3H3,(H,14,16). The lowest BCUT2D eigenvalue weighted by Crippen LogP contribution is -2.25. The summed E-state index contributed by atoms with van der Waals surface area (Å²) in [5.41, 5.74) is 0.632. The third-order valence-electron chi connectivity index (χ3n) is 2.31. The van der Waals surface area contributed by atoms with Crippen LogP contribution in [0, 0.1) is 23.2 Å². The lowest BCUT2D eigenvalue weighted by Gasteiger charge is -2.11. The van der Waals surface area contributed by atoms with Gasteiger partial charge in [0, 0.05) is 12.7 Å². The van der Waals surface area contributed by atoms with Gasteiger partial charge < -0.3 is 5.32 Å². The van der Waals surface area contributed by atoms with E-state index in [0.717, 1.165) is 6.54 Å². The van der Waals surface area contributed by atoms with Crippen LogP contribution in [0.2, 0.25) is 0 Å². The molecule has 0 saturated carbocycles. The highest BCUT2D eigenvalue weighted by Gasteiger charge is 2.21. The monoisotopic (exact) mass is 220 g/mol. The van der Waals surface area contributed by atoms with Gasteiger partial charge in [-0.25, -0.2) is 0 Å². The Bertz CT molecular complexity index is 402. The normalized spacial score (nSPS) is 12.2. The molecule has 0 bridgehead atoms. The van der Waals surface area contributed by atoms with E-state index in [2.05, 4.69) is 10.4 Å². The molecule has 1 unspecified atom stereocenters. The van der Waals surface area contributed by atoms with Gasteiger partial charge in [-0.05, 0) is 12.8 Å². The molecule has 1 N–H and O–H groups in total. The predicted molar refractivity (Wildman–Crippen MR) is 60.5 cm³/mol. The van der Waals surface area contributed by atoms with Crippen molar-refractivity contribution in [2.24, 2.45) is 11.8 Å². The first-order valence-corrected chi connectivity index (χ1v) is 5.31. The molecular weight excluding hydrogens is 204 g/mol. The van der Waals surface area contributed by atoms with Crippen molar-refractivity contribution in [1.82, 2.24) is 9.78 Å². The second-order valence-electron chi connectivity index (χ2n) is 3.92. The minimum atomic E-state index is -0.620. The SMILES string of the molecule is CCn1cc(NC(=O)C(C#N)C(C)C)cn1. The molecule has 86 valence electrons. The van der Waals surface area contributed by atoms with Crippen molar-refractivity contribution >= 4 is 11.6 Å². The van der Waals surface area contributed by atoms with Crippen molar-refractivity contribution in [2.75, 3.05) is 5.32 Å². The molecule has 0 aromatic carbocycles. The number of hydrogen-bond acceptors (Lipinski definition) is 3. The molecule has 1 aromatic rings. The van der Waals surface area contributed by atoms with Crippen LogP contribution in [-0.4, -0.2) is 15.7 Å². The van der Waals surface area contributed by atoms with Crippen LogP contribution < -0.4 is 5.32 Å². The van der Waals surface area contributed by atoms with E-state index >= 15 is 0 Å². The molecule has 0 aliphatic rings. The highest BCUT2D eigenvalue weighted by atomic mass is 16.1. The number of amides is 1. The molecule has 1 atom stereocenters. The first-order valence-electron chi connectivity index (χ1n) is 5.31. The molecule has 1 heterocycles. The van der Waals surface area contributed by atoms with Crippen LogP contribution in [0.4, 0.5) is 5.69 Å². The lowest BCUT2D eigenvalue weighted by atomic mass is 9.97. The first kappa shape index (κ1) is 12.2. The third kappa shape index (κ3) is 2.83. The van der Waals surface area contributed by atoms with Crippen molar-refractivity contribution in [2.45, 2.75) is 27.3 Å². The molecular formula is C11H16N4O. The smallest absolute Gasteiger partial charge is 0.242 e. The zero-order valence-electron chi connectivity index (χ0n) is 9.77. The molecule has 5 heteroatoms. The van der Waals surface area contributed by atoms with Crippen LogP contribution in [0.25, 0.3) is 0 Å². The topological polar surface area (TPSA) is 70.7 Å². The summed E-state index contributed by atoms with van der Waals surface area (Å²) in [6, 6.07) is 2.00. The van der Waals surface area contributed by atoms with E-state index in [1.807, 2.05) is 26.8 Å². The Balaban J connectivity index is 2.67. The number of aromatic nitrogens is 2. The average Bonchev–Trinajstić information content (AvgIpc) is 2.65. The number of nitrogens with zero attached hydrogens (tertiary/aromatic N) is 3. The number of rotatable bonds is 4. The third-order valence-corrected chi connectivity index (χ3v) is 2.31. The van der Waals surface area contributed by atoms with Crippen molar-refractivity contribution in [1.29, 1.82) is 5.26 Å². The number of aryl methyl sites for hydroxylation is 1. The quantitative estimate of drug-likeness (QED) is 0.838. The van der Waals surface area contributed by atoms with Crippen LogP contribution in [-0.2, 0) is 11.3 Å². The number of hydrogen-bond donors (Lipinski definition) is 1. The van der Waals surface area contributed by atoms with Gasteiger partial charge in [0.1, 0.15) is 5.92 Å². The van der Waals surface area contributed by atoms with Gasteiger partial charge >= 0.3 is 0 Å². The highest BCUT2D eigenvalue weighted by molar-refractivity contribution is 5.94. The Labute approximate surface area is 95.1 Å². The van der Waals surface area contributed by atoms with E-state index < -0.39 is 5.92 Å². The van der Waals surface area contributed by atoms with Crippen LogP contribution in [0.3, 0.4) is 0 Å². The van der Waals surface area contributed by atoms with Crippen molar-refractivity contribution in [3.8, 4) is 6.07 Å². The summed E-state index contributed by atoms with van der Waals surface area (Å²) in [6.07, 6.45) is 3.32. The molecule has 16 heavy (non-hydrogen) atoms. The highest BCUT2D eigenvalue weighted by Crippen LogP contribution is 2.13. The van der Waals surface area contributed by atoms with Crippen molar-refractivity contribution < 1.29 is 4.79 Å². The van der Waals surface area contributed by atoms with Gasteiger partial charge in [-0.15, -0.1) is 0 Å². The molecule has 1 amide bonds. The van der Waals surface area contributed by atoms with E-state index in [0.29, 0.717) is 5.69 Å². The summed E-state index contributed by atoms with van der Waals surface area (Å²) in [7, 11) is 0. The Kier molecular flexibility index (Phi) is 4.06. The maximum absolute atomic E-state index is 11.7. The summed E-state index contributed by atoms with van der Waals surface area (Å²) in [4.78, 5) is 11.7. The van der Waals surface area contributed by atoms with Gasteiger partial charge in [0.2, 0.25) is 5.91 Å².